The second-order valence-corrected chi connectivity index (χ2v) is 17.5. The average molecular weight is 826 g/mol. The van der Waals surface area contributed by atoms with Crippen LogP contribution in [-0.4, -0.2) is 82.4 Å². The number of ether oxygens (including phenoxy) is 1. The Labute approximate surface area is 342 Å². The normalized spacial score (nSPS) is 16.7. The summed E-state index contributed by atoms with van der Waals surface area (Å²) in [5.41, 5.74) is 2.71. The fourth-order valence-electron chi connectivity index (χ4n) is 6.73. The molecule has 0 aromatic heterocycles. The van der Waals surface area contributed by atoms with Crippen LogP contribution in [0.25, 0.3) is 0 Å². The molecular formula is C41H55N5O9S2. The zero-order chi connectivity index (χ0) is 41.3. The van der Waals surface area contributed by atoms with Gasteiger partial charge in [-0.05, 0) is 54.2 Å². The van der Waals surface area contributed by atoms with Crippen LogP contribution >= 0.6 is 23.5 Å². The van der Waals surface area contributed by atoms with Gasteiger partial charge < -0.3 is 36.4 Å². The van der Waals surface area contributed by atoms with E-state index in [1.54, 1.807) is 48.6 Å². The predicted molar refractivity (Wildman–Crippen MR) is 219 cm³/mol. The second-order valence-electron chi connectivity index (χ2n) is 14.8. The van der Waals surface area contributed by atoms with Gasteiger partial charge in [0.05, 0.1) is 23.8 Å². The van der Waals surface area contributed by atoms with Crippen molar-refractivity contribution in [1.29, 1.82) is 0 Å². The molecule has 0 saturated heterocycles. The van der Waals surface area contributed by atoms with E-state index in [0.717, 1.165) is 32.1 Å². The van der Waals surface area contributed by atoms with Crippen LogP contribution in [0.1, 0.15) is 94.9 Å². The molecule has 16 heteroatoms. The molecule has 4 atom stereocenters. The third-order valence-electron chi connectivity index (χ3n) is 9.78. The van der Waals surface area contributed by atoms with Crippen molar-refractivity contribution in [2.24, 2.45) is 11.8 Å². The van der Waals surface area contributed by atoms with Crippen LogP contribution in [0.15, 0.2) is 54.6 Å². The topological polar surface area (TPSA) is 209 Å². The second kappa shape index (κ2) is 23.0. The fraction of sp³-hybridized carbons (Fsp3) is 0.537. The van der Waals surface area contributed by atoms with E-state index in [2.05, 4.69) is 38.7 Å². The van der Waals surface area contributed by atoms with Gasteiger partial charge >= 0.3 is 12.1 Å². The molecule has 310 valence electrons. The first-order valence-corrected chi connectivity index (χ1v) is 21.7. The molecular weight excluding hydrogens is 771 g/mol. The number of thioether (sulfide) groups is 2. The highest BCUT2D eigenvalue weighted by atomic mass is 32.2. The number of nitrogens with one attached hydrogen (secondary N) is 5. The molecule has 1 heterocycles. The first-order chi connectivity index (χ1) is 27.4. The van der Waals surface area contributed by atoms with Crippen LogP contribution in [0.3, 0.4) is 0 Å². The van der Waals surface area contributed by atoms with Crippen molar-refractivity contribution in [3.63, 3.8) is 0 Å². The highest BCUT2D eigenvalue weighted by molar-refractivity contribution is 8.16. The molecule has 1 aliphatic carbocycles. The molecule has 14 nitrogen and oxygen atoms in total. The minimum absolute atomic E-state index is 0.0911. The number of aliphatic carboxylic acids is 1. The quantitative estimate of drug-likeness (QED) is 0.108. The summed E-state index contributed by atoms with van der Waals surface area (Å²) in [4.78, 5) is 92.2. The fourth-order valence-corrected chi connectivity index (χ4v) is 9.48. The highest BCUT2D eigenvalue weighted by Gasteiger charge is 2.37. The van der Waals surface area contributed by atoms with Gasteiger partial charge in [0, 0.05) is 11.5 Å². The minimum Gasteiger partial charge on any atom is -0.479 e. The van der Waals surface area contributed by atoms with Crippen molar-refractivity contribution in [2.75, 3.05) is 13.2 Å². The number of Topliss-reactive ketones (excluding diaryl/α,β-unsaturated/α-hetero) is 1. The summed E-state index contributed by atoms with van der Waals surface area (Å²) < 4.78 is 5.24. The first-order valence-electron chi connectivity index (χ1n) is 19.6. The van der Waals surface area contributed by atoms with Gasteiger partial charge in [-0.3, -0.25) is 24.0 Å². The maximum absolute atomic E-state index is 14.2. The Kier molecular flexibility index (Phi) is 18.2. The molecule has 1 aliphatic heterocycles. The lowest BCUT2D eigenvalue weighted by molar-refractivity contribution is -0.142. The summed E-state index contributed by atoms with van der Waals surface area (Å²) in [5.74, 6) is -4.14. The Hall–Kier alpha value is -4.57. The van der Waals surface area contributed by atoms with Crippen LogP contribution in [-0.2, 0) is 45.0 Å². The average Bonchev–Trinajstić information content (AvgIpc) is 3.42. The van der Waals surface area contributed by atoms with Crippen molar-refractivity contribution < 1.29 is 43.4 Å². The van der Waals surface area contributed by atoms with Crippen molar-refractivity contribution in [3.8, 4) is 0 Å². The Morgan fingerprint density at radius 2 is 1.40 bits per heavy atom. The number of carboxylic acid groups (broad SMARTS) is 1. The number of carbonyl (C=O) groups is 7. The Bertz CT molecular complexity index is 1680. The number of rotatable bonds is 19. The molecule has 2 aromatic carbocycles. The van der Waals surface area contributed by atoms with Crippen molar-refractivity contribution >= 4 is 65.0 Å². The summed E-state index contributed by atoms with van der Waals surface area (Å²) in [7, 11) is 0. The Morgan fingerprint density at radius 1 is 0.789 bits per heavy atom. The highest BCUT2D eigenvalue weighted by Crippen LogP contribution is 2.38. The number of carbonyl (C=O) groups excluding carboxylic acids is 6. The van der Waals surface area contributed by atoms with Crippen LogP contribution in [0.2, 0.25) is 0 Å². The number of hydrogen-bond acceptors (Lipinski definition) is 10. The van der Waals surface area contributed by atoms with E-state index < -0.39 is 72.2 Å². The molecule has 6 N–H and O–H groups in total. The van der Waals surface area contributed by atoms with E-state index >= 15 is 0 Å². The molecule has 1 saturated carbocycles. The lowest BCUT2D eigenvalue weighted by Gasteiger charge is -2.32. The predicted octanol–water partition coefficient (Wildman–Crippen LogP) is 4.61. The number of benzene rings is 2. The maximum Gasteiger partial charge on any atom is 0.407 e. The molecule has 5 amide bonds. The Balaban J connectivity index is 1.48. The summed E-state index contributed by atoms with van der Waals surface area (Å²) in [6, 6.07) is 11.4. The van der Waals surface area contributed by atoms with Crippen LogP contribution in [0.5, 0.6) is 0 Å². The lowest BCUT2D eigenvalue weighted by Crippen LogP contribution is -2.58. The number of carboxylic acids is 1. The van der Waals surface area contributed by atoms with Gasteiger partial charge in [-0.2, -0.15) is 0 Å². The molecule has 57 heavy (non-hydrogen) atoms. The molecule has 1 fully saturated rings. The number of amides is 5. The van der Waals surface area contributed by atoms with Crippen LogP contribution in [0.4, 0.5) is 4.79 Å². The molecule has 4 unspecified atom stereocenters. The van der Waals surface area contributed by atoms with Gasteiger partial charge in [-0.1, -0.05) is 101 Å². The largest absolute Gasteiger partial charge is 0.479 e. The summed E-state index contributed by atoms with van der Waals surface area (Å²) in [6.07, 6.45) is 4.24. The molecule has 4 rings (SSSR count). The van der Waals surface area contributed by atoms with Gasteiger partial charge in [0.15, 0.2) is 6.04 Å². The number of ketones is 1. The van der Waals surface area contributed by atoms with Gasteiger partial charge in [0.1, 0.15) is 12.1 Å². The zero-order valence-corrected chi connectivity index (χ0v) is 34.4. The van der Waals surface area contributed by atoms with Gasteiger partial charge in [-0.25, -0.2) is 9.59 Å². The smallest absolute Gasteiger partial charge is 0.407 e. The molecule has 0 radical (unpaired) electrons. The minimum atomic E-state index is -1.37. The van der Waals surface area contributed by atoms with Crippen molar-refractivity contribution in [3.05, 3.63) is 71.3 Å². The van der Waals surface area contributed by atoms with E-state index in [1.807, 2.05) is 26.0 Å². The van der Waals surface area contributed by atoms with E-state index in [9.17, 15) is 38.7 Å². The van der Waals surface area contributed by atoms with E-state index in [0.29, 0.717) is 23.5 Å². The summed E-state index contributed by atoms with van der Waals surface area (Å²) >= 11 is 3.29. The summed E-state index contributed by atoms with van der Waals surface area (Å²) in [5, 5.41) is 22.6. The summed E-state index contributed by atoms with van der Waals surface area (Å²) in [6.45, 7) is 5.09. The van der Waals surface area contributed by atoms with Gasteiger partial charge in [0.2, 0.25) is 23.5 Å². The van der Waals surface area contributed by atoms with Crippen LogP contribution in [0, 0.1) is 11.8 Å². The van der Waals surface area contributed by atoms with E-state index in [4.69, 9.17) is 4.74 Å². The maximum atomic E-state index is 14.2. The van der Waals surface area contributed by atoms with Crippen molar-refractivity contribution in [1.82, 2.24) is 26.6 Å². The molecule has 2 aromatic rings. The number of hydrogen-bond donors (Lipinski definition) is 6. The third kappa shape index (κ3) is 14.4. The first kappa shape index (κ1) is 45.1. The van der Waals surface area contributed by atoms with E-state index in [-0.39, 0.29) is 35.9 Å². The van der Waals surface area contributed by atoms with Gasteiger partial charge in [-0.15, -0.1) is 23.5 Å². The monoisotopic (exact) mass is 825 g/mol. The number of fused-ring (bicyclic) bond motifs is 1. The van der Waals surface area contributed by atoms with E-state index in [1.165, 1.54) is 23.3 Å². The van der Waals surface area contributed by atoms with Gasteiger partial charge in [0.25, 0.3) is 5.91 Å². The zero-order valence-electron chi connectivity index (χ0n) is 32.8. The Morgan fingerprint density at radius 3 is 2.00 bits per heavy atom. The standard InChI is InChI=1S/C41H55N5O9S2/c1-4-13-30(36(48)39(51)42-21-32(47)45-35(40(52)53)27-16-9-6-10-17-27)43-37(49)31(20-33-56-23-28-18-11-12-19-29(28)24-57-33)44-38(50)34(26-14-7-5-8-15-26)46-41(54)55-22-25(2)3/h6,9-12,16-19,25-26,30-31,33-35H,4-5,7-8,13-15,20-24H2,1-3H3,(H,42,51)(H,43,49)(H,44,50)(H,45,47)(H,46,54)(H,52,53). The third-order valence-corrected chi connectivity index (χ3v) is 12.7. The molecule has 0 bridgehead atoms. The SMILES string of the molecule is CCCC(NC(=O)C(CC1SCc2ccccc2CS1)NC(=O)C(NC(=O)OCC(C)C)C1CCCCC1)C(=O)C(=O)NCC(=O)NC(C(=O)O)c1ccccc1. The number of alkyl carbamates (subject to hydrolysis) is 1. The molecule has 2 aliphatic rings. The van der Waals surface area contributed by atoms with Crippen molar-refractivity contribution in [2.45, 2.75) is 112 Å². The lowest BCUT2D eigenvalue weighted by atomic mass is 9.83. The molecule has 0 spiro atoms. The van der Waals surface area contributed by atoms with Crippen LogP contribution < -0.4 is 26.6 Å².